The van der Waals surface area contributed by atoms with Crippen LogP contribution in [0.15, 0.2) is 35.2 Å². The van der Waals surface area contributed by atoms with Gasteiger partial charge in [-0.1, -0.05) is 0 Å². The molecule has 0 aliphatic carbocycles. The standard InChI is InChI=1S/C14H16N4O2/c1-8-12(10(3)19)5-13(11(4)20)9(2)18(8)14-16-6-15-7-17-14/h6-7H,5H2,1-4H3. The van der Waals surface area contributed by atoms with Crippen molar-refractivity contribution >= 4 is 17.5 Å². The number of Topliss-reactive ketones (excluding diaryl/α,β-unsaturated/α-hetero) is 2. The quantitative estimate of drug-likeness (QED) is 0.835. The molecule has 2 rings (SSSR count). The van der Waals surface area contributed by atoms with Crippen molar-refractivity contribution in [3.8, 4) is 0 Å². The molecule has 0 atom stereocenters. The van der Waals surface area contributed by atoms with E-state index in [0.29, 0.717) is 23.5 Å². The van der Waals surface area contributed by atoms with Crippen LogP contribution in [0.1, 0.15) is 34.1 Å². The molecule has 0 bridgehead atoms. The summed E-state index contributed by atoms with van der Waals surface area (Å²) in [7, 11) is 0. The number of hydrogen-bond donors (Lipinski definition) is 0. The van der Waals surface area contributed by atoms with Crippen molar-refractivity contribution in [3.05, 3.63) is 35.2 Å². The van der Waals surface area contributed by atoms with Crippen LogP contribution < -0.4 is 4.90 Å². The Balaban J connectivity index is 2.62. The van der Waals surface area contributed by atoms with Gasteiger partial charge >= 0.3 is 0 Å². The maximum absolute atomic E-state index is 11.8. The lowest BCUT2D eigenvalue weighted by molar-refractivity contribution is -0.114. The second kappa shape index (κ2) is 5.32. The molecule has 6 nitrogen and oxygen atoms in total. The van der Waals surface area contributed by atoms with Crippen LogP contribution in [0, 0.1) is 0 Å². The lowest BCUT2D eigenvalue weighted by Crippen LogP contribution is -2.30. The molecule has 0 aromatic carbocycles. The van der Waals surface area contributed by atoms with Crippen LogP contribution in [0.25, 0.3) is 0 Å². The molecule has 0 unspecified atom stereocenters. The molecule has 0 N–H and O–H groups in total. The summed E-state index contributed by atoms with van der Waals surface area (Å²) in [5, 5.41) is 0. The molecular formula is C14H16N4O2. The second-order valence-electron chi connectivity index (χ2n) is 4.69. The fourth-order valence-corrected chi connectivity index (χ4v) is 2.36. The van der Waals surface area contributed by atoms with Gasteiger partial charge in [-0.25, -0.2) is 15.0 Å². The van der Waals surface area contributed by atoms with Crippen molar-refractivity contribution < 1.29 is 9.59 Å². The van der Waals surface area contributed by atoms with Gasteiger partial charge in [-0.3, -0.25) is 14.5 Å². The van der Waals surface area contributed by atoms with Gasteiger partial charge in [-0.2, -0.15) is 0 Å². The lowest BCUT2D eigenvalue weighted by atomic mass is 9.92. The first-order valence-electron chi connectivity index (χ1n) is 6.27. The molecule has 0 spiro atoms. The van der Waals surface area contributed by atoms with Gasteiger partial charge in [0, 0.05) is 29.0 Å². The largest absolute Gasteiger partial charge is 0.295 e. The number of allylic oxidation sites excluding steroid dienone is 4. The van der Waals surface area contributed by atoms with Gasteiger partial charge in [-0.05, 0) is 27.7 Å². The number of nitrogens with zero attached hydrogens (tertiary/aromatic N) is 4. The number of carbonyl (C=O) groups is 2. The lowest BCUT2D eigenvalue weighted by Gasteiger charge is -2.31. The molecule has 2 heterocycles. The Morgan fingerprint density at radius 1 is 1.00 bits per heavy atom. The van der Waals surface area contributed by atoms with Gasteiger partial charge in [0.1, 0.15) is 12.7 Å². The van der Waals surface area contributed by atoms with Crippen molar-refractivity contribution in [2.75, 3.05) is 4.90 Å². The number of carbonyl (C=O) groups excluding carboxylic acids is 2. The first-order valence-corrected chi connectivity index (χ1v) is 6.27. The maximum atomic E-state index is 11.8. The average molecular weight is 272 g/mol. The summed E-state index contributed by atoms with van der Waals surface area (Å²) in [4.78, 5) is 37.3. The van der Waals surface area contributed by atoms with Crippen molar-refractivity contribution in [1.82, 2.24) is 15.0 Å². The zero-order chi connectivity index (χ0) is 14.9. The van der Waals surface area contributed by atoms with Crippen LogP contribution in [0.4, 0.5) is 5.95 Å². The van der Waals surface area contributed by atoms with E-state index in [9.17, 15) is 9.59 Å². The number of anilines is 1. The molecular weight excluding hydrogens is 256 g/mol. The van der Waals surface area contributed by atoms with Gasteiger partial charge in [0.2, 0.25) is 5.95 Å². The highest BCUT2D eigenvalue weighted by molar-refractivity contribution is 6.02. The van der Waals surface area contributed by atoms with E-state index < -0.39 is 0 Å². The van der Waals surface area contributed by atoms with Crippen LogP contribution >= 0.6 is 0 Å². The number of rotatable bonds is 3. The van der Waals surface area contributed by atoms with E-state index in [4.69, 9.17) is 0 Å². The number of hydrogen-bond acceptors (Lipinski definition) is 6. The first-order chi connectivity index (χ1) is 9.43. The van der Waals surface area contributed by atoms with Crippen LogP contribution in [0.3, 0.4) is 0 Å². The van der Waals surface area contributed by atoms with Crippen LogP contribution in [-0.4, -0.2) is 26.5 Å². The number of aromatic nitrogens is 3. The number of ketones is 2. The summed E-state index contributed by atoms with van der Waals surface area (Å²) in [5.41, 5.74) is 2.74. The molecule has 0 fully saturated rings. The molecule has 1 aromatic rings. The Bertz CT molecular complexity index is 596. The molecule has 0 saturated heterocycles. The summed E-state index contributed by atoms with van der Waals surface area (Å²) in [6.45, 7) is 6.67. The normalized spacial score (nSPS) is 15.7. The van der Waals surface area contributed by atoms with Crippen LogP contribution in [0.5, 0.6) is 0 Å². The zero-order valence-corrected chi connectivity index (χ0v) is 12.0. The van der Waals surface area contributed by atoms with Gasteiger partial charge in [-0.15, -0.1) is 0 Å². The highest BCUT2D eigenvalue weighted by Crippen LogP contribution is 2.33. The highest BCUT2D eigenvalue weighted by atomic mass is 16.1. The van der Waals surface area contributed by atoms with E-state index in [1.807, 2.05) is 13.8 Å². The highest BCUT2D eigenvalue weighted by Gasteiger charge is 2.28. The minimum absolute atomic E-state index is 0.0483. The summed E-state index contributed by atoms with van der Waals surface area (Å²) < 4.78 is 0. The summed E-state index contributed by atoms with van der Waals surface area (Å²) in [6, 6.07) is 0. The van der Waals surface area contributed by atoms with Crippen molar-refractivity contribution in [3.63, 3.8) is 0 Å². The Kier molecular flexibility index (Phi) is 3.74. The van der Waals surface area contributed by atoms with E-state index in [1.165, 1.54) is 26.5 Å². The Labute approximate surface area is 117 Å². The topological polar surface area (TPSA) is 76.1 Å². The molecule has 0 radical (unpaired) electrons. The molecule has 104 valence electrons. The van der Waals surface area contributed by atoms with Gasteiger partial charge in [0.25, 0.3) is 0 Å². The summed E-state index contributed by atoms with van der Waals surface area (Å²) >= 11 is 0. The fourth-order valence-electron chi connectivity index (χ4n) is 2.36. The molecule has 0 saturated carbocycles. The molecule has 20 heavy (non-hydrogen) atoms. The van der Waals surface area contributed by atoms with Gasteiger partial charge in [0.15, 0.2) is 11.6 Å². The van der Waals surface area contributed by atoms with E-state index in [0.717, 1.165) is 11.4 Å². The summed E-state index contributed by atoms with van der Waals surface area (Å²) in [5.74, 6) is 0.313. The third kappa shape index (κ3) is 2.36. The Morgan fingerprint density at radius 2 is 1.45 bits per heavy atom. The molecule has 1 aliphatic rings. The monoisotopic (exact) mass is 272 g/mol. The predicted molar refractivity (Wildman–Crippen MR) is 73.7 cm³/mol. The third-order valence-electron chi connectivity index (χ3n) is 3.43. The predicted octanol–water partition coefficient (Wildman–Crippen LogP) is 1.81. The third-order valence-corrected chi connectivity index (χ3v) is 3.43. The molecule has 6 heteroatoms. The van der Waals surface area contributed by atoms with Gasteiger partial charge in [0.05, 0.1) is 0 Å². The molecule has 1 aromatic heterocycles. The average Bonchev–Trinajstić information content (AvgIpc) is 2.39. The fraction of sp³-hybridized carbons (Fsp3) is 0.357. The van der Waals surface area contributed by atoms with Crippen molar-refractivity contribution in [2.45, 2.75) is 34.1 Å². The SMILES string of the molecule is CC(=O)C1=C(C)N(c2ncncn2)C(C)=C(C(C)=O)C1. The van der Waals surface area contributed by atoms with E-state index in [1.54, 1.807) is 4.90 Å². The van der Waals surface area contributed by atoms with Crippen molar-refractivity contribution in [2.24, 2.45) is 0 Å². The van der Waals surface area contributed by atoms with E-state index >= 15 is 0 Å². The summed E-state index contributed by atoms with van der Waals surface area (Å²) in [6.07, 6.45) is 3.14. The molecule has 0 amide bonds. The molecule has 1 aliphatic heterocycles. The van der Waals surface area contributed by atoms with Gasteiger partial charge < -0.3 is 0 Å². The second-order valence-corrected chi connectivity index (χ2v) is 4.69. The van der Waals surface area contributed by atoms with Crippen LogP contribution in [-0.2, 0) is 9.59 Å². The smallest absolute Gasteiger partial charge is 0.237 e. The first kappa shape index (κ1) is 14.0. The Morgan fingerprint density at radius 3 is 1.85 bits per heavy atom. The zero-order valence-electron chi connectivity index (χ0n) is 12.0. The maximum Gasteiger partial charge on any atom is 0.237 e. The minimum atomic E-state index is -0.0483. The minimum Gasteiger partial charge on any atom is -0.295 e. The van der Waals surface area contributed by atoms with E-state index in [-0.39, 0.29) is 11.6 Å². The van der Waals surface area contributed by atoms with E-state index in [2.05, 4.69) is 15.0 Å². The van der Waals surface area contributed by atoms with Crippen LogP contribution in [0.2, 0.25) is 0 Å². The van der Waals surface area contributed by atoms with Crippen molar-refractivity contribution in [1.29, 1.82) is 0 Å². The Hall–Kier alpha value is -2.37.